The fourth-order valence-corrected chi connectivity index (χ4v) is 4.07. The smallest absolute Gasteiger partial charge is 0.326 e. The molecular weight excluding hydrogens is 398 g/mol. The zero-order chi connectivity index (χ0) is 22.3. The van der Waals surface area contributed by atoms with E-state index in [0.29, 0.717) is 19.5 Å². The molecule has 0 saturated heterocycles. The Morgan fingerprint density at radius 3 is 2.53 bits per heavy atom. The van der Waals surface area contributed by atoms with Crippen LogP contribution in [0.15, 0.2) is 72.8 Å². The van der Waals surface area contributed by atoms with Crippen LogP contribution in [-0.2, 0) is 24.2 Å². The summed E-state index contributed by atoms with van der Waals surface area (Å²) < 4.78 is 0. The zero-order valence-electron chi connectivity index (χ0n) is 18.4. The molecule has 1 aliphatic rings. The molecule has 3 amide bonds. The van der Waals surface area contributed by atoms with Gasteiger partial charge in [-0.1, -0.05) is 60.2 Å². The van der Waals surface area contributed by atoms with Gasteiger partial charge in [0.2, 0.25) is 5.91 Å². The van der Waals surface area contributed by atoms with Crippen LogP contribution in [-0.4, -0.2) is 18.5 Å². The molecule has 0 aliphatic carbocycles. The van der Waals surface area contributed by atoms with Crippen molar-refractivity contribution in [2.75, 3.05) is 16.8 Å². The number of hydrogen-bond acceptors (Lipinski definition) is 2. The van der Waals surface area contributed by atoms with E-state index in [4.69, 9.17) is 0 Å². The van der Waals surface area contributed by atoms with Gasteiger partial charge < -0.3 is 10.6 Å². The molecule has 0 radical (unpaired) electrons. The van der Waals surface area contributed by atoms with Crippen LogP contribution in [0.2, 0.25) is 0 Å². The van der Waals surface area contributed by atoms with Crippen molar-refractivity contribution in [1.82, 2.24) is 5.32 Å². The van der Waals surface area contributed by atoms with Crippen LogP contribution in [0.3, 0.4) is 0 Å². The molecule has 0 atom stereocenters. The number of fused-ring (bicyclic) bond motifs is 1. The number of urea groups is 1. The minimum absolute atomic E-state index is 0.0236. The summed E-state index contributed by atoms with van der Waals surface area (Å²) in [5, 5.41) is 5.96. The maximum Gasteiger partial charge on any atom is 0.326 e. The Morgan fingerprint density at radius 1 is 0.906 bits per heavy atom. The SMILES string of the molecule is Cc1cccc(CNC(=O)Cc2ccc(NC(=O)N3CCCCc4ccccc43)cc2)c1. The van der Waals surface area contributed by atoms with Gasteiger partial charge in [-0.2, -0.15) is 0 Å². The van der Waals surface area contributed by atoms with Gasteiger partial charge in [0.15, 0.2) is 0 Å². The number of benzene rings is 3. The van der Waals surface area contributed by atoms with E-state index in [0.717, 1.165) is 41.8 Å². The van der Waals surface area contributed by atoms with E-state index in [1.165, 1.54) is 11.1 Å². The summed E-state index contributed by atoms with van der Waals surface area (Å²) in [7, 11) is 0. The summed E-state index contributed by atoms with van der Waals surface area (Å²) in [4.78, 5) is 27.1. The molecule has 3 aromatic rings. The van der Waals surface area contributed by atoms with Crippen molar-refractivity contribution in [2.45, 2.75) is 39.2 Å². The van der Waals surface area contributed by atoms with Gasteiger partial charge in [0.25, 0.3) is 0 Å². The van der Waals surface area contributed by atoms with Gasteiger partial charge in [0, 0.05) is 24.5 Å². The lowest BCUT2D eigenvalue weighted by Gasteiger charge is -2.23. The highest BCUT2D eigenvalue weighted by Gasteiger charge is 2.20. The molecule has 4 rings (SSSR count). The van der Waals surface area contributed by atoms with E-state index < -0.39 is 0 Å². The number of carbonyl (C=O) groups is 2. The molecule has 1 aliphatic heterocycles. The molecule has 0 bridgehead atoms. The molecule has 3 aromatic carbocycles. The van der Waals surface area contributed by atoms with Gasteiger partial charge >= 0.3 is 6.03 Å². The Balaban J connectivity index is 1.32. The monoisotopic (exact) mass is 427 g/mol. The Labute approximate surface area is 189 Å². The van der Waals surface area contributed by atoms with Crippen molar-refractivity contribution in [3.05, 3.63) is 95.1 Å². The van der Waals surface area contributed by atoms with Gasteiger partial charge in [-0.3, -0.25) is 9.69 Å². The van der Waals surface area contributed by atoms with Crippen LogP contribution in [0.1, 0.15) is 35.1 Å². The Hall–Kier alpha value is -3.60. The highest BCUT2D eigenvalue weighted by atomic mass is 16.2. The first-order chi connectivity index (χ1) is 15.6. The summed E-state index contributed by atoms with van der Waals surface area (Å²) in [5.41, 5.74) is 6.10. The number of hydrogen-bond donors (Lipinski definition) is 2. The second-order valence-electron chi connectivity index (χ2n) is 8.31. The second-order valence-corrected chi connectivity index (χ2v) is 8.31. The lowest BCUT2D eigenvalue weighted by atomic mass is 10.1. The summed E-state index contributed by atoms with van der Waals surface area (Å²) >= 11 is 0. The summed E-state index contributed by atoms with van der Waals surface area (Å²) in [6.45, 7) is 3.27. The molecular formula is C27H29N3O2. The molecule has 0 unspecified atom stereocenters. The molecule has 1 heterocycles. The Bertz CT molecular complexity index is 1090. The third-order valence-corrected chi connectivity index (χ3v) is 5.75. The highest BCUT2D eigenvalue weighted by molar-refractivity contribution is 6.02. The molecule has 32 heavy (non-hydrogen) atoms. The average Bonchev–Trinajstić information content (AvgIpc) is 3.02. The van der Waals surface area contributed by atoms with Crippen LogP contribution < -0.4 is 15.5 Å². The second kappa shape index (κ2) is 10.1. The van der Waals surface area contributed by atoms with E-state index in [2.05, 4.69) is 22.8 Å². The first-order valence-electron chi connectivity index (χ1n) is 11.2. The number of aryl methyl sites for hydroxylation is 2. The van der Waals surface area contributed by atoms with E-state index in [9.17, 15) is 9.59 Å². The van der Waals surface area contributed by atoms with Crippen molar-refractivity contribution >= 4 is 23.3 Å². The normalized spacial score (nSPS) is 13.1. The largest absolute Gasteiger partial charge is 0.352 e. The maximum atomic E-state index is 12.9. The zero-order valence-corrected chi connectivity index (χ0v) is 18.4. The molecule has 5 heteroatoms. The standard InChI is InChI=1S/C27H29N3O2/c1-20-7-6-8-22(17-20)19-28-26(31)18-21-12-14-24(15-13-21)29-27(32)30-16-5-4-10-23-9-2-3-11-25(23)30/h2-3,6-9,11-15,17H,4-5,10,16,18-19H2,1H3,(H,28,31)(H,29,32). The lowest BCUT2D eigenvalue weighted by molar-refractivity contribution is -0.120. The summed E-state index contributed by atoms with van der Waals surface area (Å²) in [5.74, 6) is -0.0236. The predicted molar refractivity (Wildman–Crippen MR) is 129 cm³/mol. The number of nitrogens with one attached hydrogen (secondary N) is 2. The Kier molecular flexibility index (Phi) is 6.85. The van der Waals surface area contributed by atoms with E-state index >= 15 is 0 Å². The van der Waals surface area contributed by atoms with Crippen LogP contribution in [0.25, 0.3) is 0 Å². The summed E-state index contributed by atoms with van der Waals surface area (Å²) in [6, 6.07) is 23.6. The fraction of sp³-hybridized carbons (Fsp3) is 0.259. The van der Waals surface area contributed by atoms with E-state index in [-0.39, 0.29) is 11.9 Å². The number of rotatable bonds is 5. The van der Waals surface area contributed by atoms with Gasteiger partial charge in [-0.05, 0) is 61.1 Å². The third-order valence-electron chi connectivity index (χ3n) is 5.75. The van der Waals surface area contributed by atoms with Crippen molar-refractivity contribution in [1.29, 1.82) is 0 Å². The van der Waals surface area contributed by atoms with Crippen LogP contribution >= 0.6 is 0 Å². The first kappa shape index (κ1) is 21.6. The van der Waals surface area contributed by atoms with Gasteiger partial charge in [0.05, 0.1) is 6.42 Å². The van der Waals surface area contributed by atoms with Crippen molar-refractivity contribution in [3.8, 4) is 0 Å². The van der Waals surface area contributed by atoms with Crippen LogP contribution in [0.4, 0.5) is 16.2 Å². The number of nitrogens with zero attached hydrogens (tertiary/aromatic N) is 1. The fourth-order valence-electron chi connectivity index (χ4n) is 4.07. The van der Waals surface area contributed by atoms with Gasteiger partial charge in [-0.25, -0.2) is 4.79 Å². The number of carbonyl (C=O) groups excluding carboxylic acids is 2. The minimum atomic E-state index is -0.122. The predicted octanol–water partition coefficient (Wildman–Crippen LogP) is 5.23. The molecule has 164 valence electrons. The molecule has 2 N–H and O–H groups in total. The van der Waals surface area contributed by atoms with Gasteiger partial charge in [0.1, 0.15) is 0 Å². The number of para-hydroxylation sites is 1. The maximum absolute atomic E-state index is 12.9. The van der Waals surface area contributed by atoms with Crippen LogP contribution in [0, 0.1) is 6.92 Å². The van der Waals surface area contributed by atoms with E-state index in [1.54, 1.807) is 0 Å². The topological polar surface area (TPSA) is 61.4 Å². The molecule has 0 saturated carbocycles. The minimum Gasteiger partial charge on any atom is -0.352 e. The quantitative estimate of drug-likeness (QED) is 0.586. The first-order valence-corrected chi connectivity index (χ1v) is 11.2. The highest BCUT2D eigenvalue weighted by Crippen LogP contribution is 2.26. The Morgan fingerprint density at radius 2 is 1.72 bits per heavy atom. The third kappa shape index (κ3) is 5.55. The lowest BCUT2D eigenvalue weighted by Crippen LogP contribution is -2.35. The van der Waals surface area contributed by atoms with E-state index in [1.807, 2.05) is 72.5 Å². The molecule has 0 fully saturated rings. The molecule has 0 aromatic heterocycles. The number of anilines is 2. The van der Waals surface area contributed by atoms with Crippen molar-refractivity contribution in [2.24, 2.45) is 0 Å². The van der Waals surface area contributed by atoms with Crippen molar-refractivity contribution in [3.63, 3.8) is 0 Å². The molecule has 0 spiro atoms. The van der Waals surface area contributed by atoms with Crippen LogP contribution in [0.5, 0.6) is 0 Å². The number of amides is 3. The summed E-state index contributed by atoms with van der Waals surface area (Å²) in [6.07, 6.45) is 3.38. The molecule has 5 nitrogen and oxygen atoms in total. The van der Waals surface area contributed by atoms with Crippen molar-refractivity contribution < 1.29 is 9.59 Å². The van der Waals surface area contributed by atoms with Gasteiger partial charge in [-0.15, -0.1) is 0 Å². The average molecular weight is 428 g/mol.